The number of halogens is 1. The quantitative estimate of drug-likeness (QED) is 0.165. The summed E-state index contributed by atoms with van der Waals surface area (Å²) in [4.78, 5) is 12.6. The number of hydrogen-bond donors (Lipinski definition) is 1. The van der Waals surface area contributed by atoms with Gasteiger partial charge in [-0.25, -0.2) is 9.98 Å². The Labute approximate surface area is 225 Å². The molecule has 1 atom stereocenters. The first-order chi connectivity index (χ1) is 16.4. The summed E-state index contributed by atoms with van der Waals surface area (Å²) in [5, 5.41) is 0.709. The zero-order valence-electron chi connectivity index (χ0n) is 21.9. The molecule has 0 amide bonds. The van der Waals surface area contributed by atoms with Crippen LogP contribution in [-0.2, 0) is 0 Å². The summed E-state index contributed by atoms with van der Waals surface area (Å²) >= 11 is 6.07. The highest BCUT2D eigenvalue weighted by molar-refractivity contribution is 8.25. The van der Waals surface area contributed by atoms with E-state index >= 15 is 0 Å². The van der Waals surface area contributed by atoms with Gasteiger partial charge in [0, 0.05) is 34.9 Å². The van der Waals surface area contributed by atoms with E-state index in [4.69, 9.17) is 22.3 Å². The van der Waals surface area contributed by atoms with Crippen LogP contribution in [0.2, 0.25) is 5.02 Å². The van der Waals surface area contributed by atoms with Crippen LogP contribution in [0.25, 0.3) is 0 Å². The van der Waals surface area contributed by atoms with Gasteiger partial charge in [0.15, 0.2) is 0 Å². The zero-order chi connectivity index (χ0) is 26.3. The van der Waals surface area contributed by atoms with E-state index in [1.165, 1.54) is 0 Å². The molecule has 198 valence electrons. The smallest absolute Gasteiger partial charge is 0.215 e. The number of piperidine rings is 1. The Morgan fingerprint density at radius 2 is 1.78 bits per heavy atom. The van der Waals surface area contributed by atoms with Gasteiger partial charge in [0.2, 0.25) is 5.96 Å². The predicted molar refractivity (Wildman–Crippen MR) is 167 cm³/mol. The molecule has 36 heavy (non-hydrogen) atoms. The topological polar surface area (TPSA) is 57.2 Å². The highest BCUT2D eigenvalue weighted by Crippen LogP contribution is 2.38. The van der Waals surface area contributed by atoms with E-state index in [0.717, 1.165) is 59.1 Å². The molecule has 7 heteroatoms. The molecule has 0 bridgehead atoms. The van der Waals surface area contributed by atoms with Crippen LogP contribution in [0.15, 0.2) is 87.1 Å². The Morgan fingerprint density at radius 1 is 1.17 bits per heavy atom. The maximum absolute atomic E-state index is 6.35. The van der Waals surface area contributed by atoms with Gasteiger partial charge in [-0.2, -0.15) is 0 Å². The van der Waals surface area contributed by atoms with Crippen molar-refractivity contribution in [3.05, 3.63) is 77.3 Å². The second kappa shape index (κ2) is 13.7. The minimum Gasteiger partial charge on any atom is -0.368 e. The van der Waals surface area contributed by atoms with E-state index in [1.807, 2.05) is 76.1 Å². The van der Waals surface area contributed by atoms with Gasteiger partial charge in [-0.3, -0.25) is 4.31 Å². The minimum atomic E-state index is -1.64. The summed E-state index contributed by atoms with van der Waals surface area (Å²) < 4.78 is 2.34. The van der Waals surface area contributed by atoms with Gasteiger partial charge >= 0.3 is 0 Å². The van der Waals surface area contributed by atoms with Crippen molar-refractivity contribution in [3.8, 4) is 0 Å². The van der Waals surface area contributed by atoms with Crippen molar-refractivity contribution < 1.29 is 0 Å². The summed E-state index contributed by atoms with van der Waals surface area (Å²) in [5.41, 5.74) is 10.9. The lowest BCUT2D eigenvalue weighted by molar-refractivity contribution is 0.342. The minimum absolute atomic E-state index is 0. The Hall–Kier alpha value is -2.54. The molecule has 2 N–H and O–H groups in total. The van der Waals surface area contributed by atoms with Crippen LogP contribution in [0.3, 0.4) is 0 Å². The highest BCUT2D eigenvalue weighted by Gasteiger charge is 2.24. The van der Waals surface area contributed by atoms with Crippen molar-refractivity contribution in [3.63, 3.8) is 0 Å². The third kappa shape index (κ3) is 7.99. The third-order valence-electron chi connectivity index (χ3n) is 5.99. The van der Waals surface area contributed by atoms with Gasteiger partial charge in [0.05, 0.1) is 17.5 Å². The lowest BCUT2D eigenvalue weighted by atomic mass is 10.0. The fraction of sp³-hybridized carbons (Fsp3) is 0.379. The summed E-state index contributed by atoms with van der Waals surface area (Å²) in [7, 11) is -1.64. The number of nitrogens with zero attached hydrogens (tertiary/aromatic N) is 4. The van der Waals surface area contributed by atoms with E-state index in [-0.39, 0.29) is 19.4 Å². The Kier molecular flexibility index (Phi) is 12.0. The number of hydrogen-bond acceptors (Lipinski definition) is 3. The summed E-state index contributed by atoms with van der Waals surface area (Å²) in [5.74, 6) is 9.23. The van der Waals surface area contributed by atoms with Crippen LogP contribution in [0.1, 0.15) is 54.9 Å². The molecule has 0 radical (unpaired) electrons. The van der Waals surface area contributed by atoms with Crippen molar-refractivity contribution >= 4 is 44.4 Å². The van der Waals surface area contributed by atoms with Crippen molar-refractivity contribution in [1.29, 1.82) is 0 Å². The van der Waals surface area contributed by atoms with Crippen LogP contribution >= 0.6 is 21.0 Å². The summed E-state index contributed by atoms with van der Waals surface area (Å²) in [6.45, 7) is 19.8. The van der Waals surface area contributed by atoms with Crippen LogP contribution in [0, 0.1) is 0 Å². The molecule has 1 aromatic carbocycles. The van der Waals surface area contributed by atoms with Gasteiger partial charge < -0.3 is 10.6 Å². The first-order valence-corrected chi connectivity index (χ1v) is 14.0. The van der Waals surface area contributed by atoms with Gasteiger partial charge in [0.25, 0.3) is 0 Å². The Morgan fingerprint density at radius 3 is 2.31 bits per heavy atom. The van der Waals surface area contributed by atoms with Gasteiger partial charge in [-0.05, 0) is 77.3 Å². The fourth-order valence-corrected chi connectivity index (χ4v) is 5.99. The molecule has 1 unspecified atom stereocenters. The number of allylic oxidation sites excluding steroid dienone is 5. The third-order valence-corrected chi connectivity index (χ3v) is 8.71. The van der Waals surface area contributed by atoms with Crippen LogP contribution in [0.5, 0.6) is 0 Å². The lowest BCUT2D eigenvalue weighted by Crippen LogP contribution is -2.36. The molecule has 0 aliphatic carbocycles. The van der Waals surface area contributed by atoms with Gasteiger partial charge in [-0.15, -0.1) is 9.39 Å². The van der Waals surface area contributed by atoms with Crippen LogP contribution in [0.4, 0.5) is 0 Å². The molecule has 1 saturated heterocycles. The summed E-state index contributed by atoms with van der Waals surface area (Å²) in [6, 6.07) is 7.85. The molecule has 0 spiro atoms. The second-order valence-corrected chi connectivity index (χ2v) is 12.1. The number of nitrogens with two attached hydrogens (primary N) is 1. The lowest BCUT2D eigenvalue weighted by Gasteiger charge is -2.36. The van der Waals surface area contributed by atoms with Crippen molar-refractivity contribution in [2.24, 2.45) is 15.7 Å². The molecule has 1 fully saturated rings. The zero-order valence-corrected chi connectivity index (χ0v) is 23.4. The molecular formula is C29H44ClN5S. The number of guanidine groups is 1. The molecule has 1 aromatic rings. The normalized spacial score (nSPS) is 18.4. The molecule has 1 heterocycles. The molecule has 0 aromatic heterocycles. The highest BCUT2D eigenvalue weighted by atomic mass is 35.5. The van der Waals surface area contributed by atoms with Crippen molar-refractivity contribution in [2.45, 2.75) is 65.8 Å². The van der Waals surface area contributed by atoms with E-state index in [2.05, 4.69) is 34.2 Å². The maximum Gasteiger partial charge on any atom is 0.215 e. The van der Waals surface area contributed by atoms with Crippen molar-refractivity contribution in [1.82, 2.24) is 9.21 Å². The van der Waals surface area contributed by atoms with Crippen LogP contribution in [-0.4, -0.2) is 51.7 Å². The van der Waals surface area contributed by atoms with Crippen LogP contribution < -0.4 is 5.73 Å². The Balaban J connectivity index is 0.00000648. The second-order valence-electron chi connectivity index (χ2n) is 9.01. The fourth-order valence-electron chi connectivity index (χ4n) is 3.99. The maximum atomic E-state index is 6.35. The van der Waals surface area contributed by atoms with Gasteiger partial charge in [0.1, 0.15) is 0 Å². The van der Waals surface area contributed by atoms with E-state index in [0.29, 0.717) is 5.02 Å². The average molecular weight is 530 g/mol. The molecular weight excluding hydrogens is 486 g/mol. The SMILES string of the molecule is C.C=C(C)/C(C)=C(\C(C)=N\C(N)=NC1CCCN(S(=C)(=C)c2ccc(Cl)cc2)C1)N(/C=C\C)C(=C)C. The number of aliphatic imine (C=N–C) groups is 2. The average Bonchev–Trinajstić information content (AvgIpc) is 2.78. The standard InChI is InChI=1S/C28H40ClN5S.CH4/c1-10-17-34(21(4)5)27(22(6)20(2)3)23(7)31-28(30)32-25-12-11-18-33(19-25)35(8,9)26-15-13-24(29)14-16-26;/h10,13-17,25H,2,4,8-9,11-12,18-19H2,1,3,5-7H3,(H2,30,32);1H4/b17-10-,27-22+,31-23+;. The predicted octanol–water partition coefficient (Wildman–Crippen LogP) is 7.38. The van der Waals surface area contributed by atoms with E-state index in [1.54, 1.807) is 0 Å². The monoisotopic (exact) mass is 529 g/mol. The molecule has 1 aliphatic heterocycles. The largest absolute Gasteiger partial charge is 0.368 e. The van der Waals surface area contributed by atoms with Gasteiger partial charge in [-0.1, -0.05) is 55.6 Å². The van der Waals surface area contributed by atoms with E-state index < -0.39 is 9.39 Å². The van der Waals surface area contributed by atoms with E-state index in [9.17, 15) is 0 Å². The summed E-state index contributed by atoms with van der Waals surface area (Å²) in [6.07, 6.45) is 5.89. The molecule has 2 rings (SSSR count). The first-order valence-electron chi connectivity index (χ1n) is 11.7. The first kappa shape index (κ1) is 31.5. The van der Waals surface area contributed by atoms with Crippen molar-refractivity contribution in [2.75, 3.05) is 13.1 Å². The molecule has 5 nitrogen and oxygen atoms in total. The Bertz CT molecular complexity index is 1170. The molecule has 1 aliphatic rings. The molecule has 0 saturated carbocycles. The number of benzene rings is 1. The number of rotatable bonds is 8.